The van der Waals surface area contributed by atoms with E-state index < -0.39 is 0 Å². The zero-order valence-electron chi connectivity index (χ0n) is 12.7. The first-order valence-electron chi connectivity index (χ1n) is 7.25. The molecular formula is C18H16ClN3O. The van der Waals surface area contributed by atoms with Crippen molar-refractivity contribution in [1.82, 2.24) is 9.78 Å². The van der Waals surface area contributed by atoms with Gasteiger partial charge in [0, 0.05) is 16.8 Å². The molecule has 0 spiro atoms. The van der Waals surface area contributed by atoms with Gasteiger partial charge in [0.15, 0.2) is 0 Å². The number of benzene rings is 2. The van der Waals surface area contributed by atoms with E-state index in [2.05, 4.69) is 10.4 Å². The molecule has 2 aromatic carbocycles. The molecular weight excluding hydrogens is 310 g/mol. The van der Waals surface area contributed by atoms with Gasteiger partial charge in [0.25, 0.3) is 5.91 Å². The molecule has 23 heavy (non-hydrogen) atoms. The molecule has 0 radical (unpaired) electrons. The minimum Gasteiger partial charge on any atom is -0.319 e. The Labute approximate surface area is 139 Å². The molecule has 4 nitrogen and oxygen atoms in total. The van der Waals surface area contributed by atoms with E-state index in [0.717, 1.165) is 11.1 Å². The Bertz CT molecular complexity index is 842. The molecule has 0 aliphatic carbocycles. The van der Waals surface area contributed by atoms with Crippen molar-refractivity contribution in [3.05, 3.63) is 82.6 Å². The quantitative estimate of drug-likeness (QED) is 0.783. The van der Waals surface area contributed by atoms with Crippen molar-refractivity contribution in [1.29, 1.82) is 0 Å². The maximum absolute atomic E-state index is 12.2. The summed E-state index contributed by atoms with van der Waals surface area (Å²) >= 11 is 5.98. The van der Waals surface area contributed by atoms with Crippen LogP contribution in [0.2, 0.25) is 5.02 Å². The average Bonchev–Trinajstić information content (AvgIpc) is 2.94. The van der Waals surface area contributed by atoms with Gasteiger partial charge in [-0.15, -0.1) is 0 Å². The van der Waals surface area contributed by atoms with Gasteiger partial charge in [-0.1, -0.05) is 41.4 Å². The zero-order chi connectivity index (χ0) is 16.2. The molecule has 5 heteroatoms. The van der Waals surface area contributed by atoms with E-state index in [1.54, 1.807) is 23.1 Å². The highest BCUT2D eigenvalue weighted by molar-refractivity contribution is 6.30. The largest absolute Gasteiger partial charge is 0.319 e. The summed E-state index contributed by atoms with van der Waals surface area (Å²) in [6.07, 6.45) is 3.44. The summed E-state index contributed by atoms with van der Waals surface area (Å²) in [6, 6.07) is 15.1. The summed E-state index contributed by atoms with van der Waals surface area (Å²) < 4.78 is 1.76. The molecule has 0 saturated carbocycles. The maximum atomic E-state index is 12.2. The standard InChI is InChI=1S/C18H16ClN3O/c1-13-4-2-6-15(8-13)18(23)21-17-10-20-22(12-17)11-14-5-3-7-16(19)9-14/h2-10,12H,11H2,1H3,(H,21,23). The molecule has 0 atom stereocenters. The van der Waals surface area contributed by atoms with E-state index in [1.807, 2.05) is 49.4 Å². The number of hydrogen-bond donors (Lipinski definition) is 1. The second kappa shape index (κ2) is 6.67. The molecule has 1 heterocycles. The van der Waals surface area contributed by atoms with Crippen LogP contribution < -0.4 is 5.32 Å². The van der Waals surface area contributed by atoms with Crippen LogP contribution >= 0.6 is 11.6 Å². The van der Waals surface area contributed by atoms with Gasteiger partial charge in [-0.25, -0.2) is 0 Å². The first-order valence-corrected chi connectivity index (χ1v) is 7.63. The van der Waals surface area contributed by atoms with E-state index in [4.69, 9.17) is 11.6 Å². The number of nitrogens with one attached hydrogen (secondary N) is 1. The Hall–Kier alpha value is -2.59. The number of rotatable bonds is 4. The van der Waals surface area contributed by atoms with Crippen molar-refractivity contribution in [2.45, 2.75) is 13.5 Å². The summed E-state index contributed by atoms with van der Waals surface area (Å²) in [4.78, 5) is 12.2. The maximum Gasteiger partial charge on any atom is 0.255 e. The van der Waals surface area contributed by atoms with Crippen molar-refractivity contribution in [3.63, 3.8) is 0 Å². The third-order valence-corrected chi connectivity index (χ3v) is 3.64. The van der Waals surface area contributed by atoms with Crippen LogP contribution in [-0.4, -0.2) is 15.7 Å². The molecule has 1 amide bonds. The van der Waals surface area contributed by atoms with Crippen LogP contribution in [0.5, 0.6) is 0 Å². The van der Waals surface area contributed by atoms with Gasteiger partial charge in [0.05, 0.1) is 18.4 Å². The van der Waals surface area contributed by atoms with Crippen molar-refractivity contribution in [3.8, 4) is 0 Å². The molecule has 1 aromatic heterocycles. The fraction of sp³-hybridized carbons (Fsp3) is 0.111. The molecule has 0 aliphatic rings. The van der Waals surface area contributed by atoms with Crippen LogP contribution in [0.3, 0.4) is 0 Å². The Balaban J connectivity index is 1.68. The van der Waals surface area contributed by atoms with Gasteiger partial charge in [-0.2, -0.15) is 5.10 Å². The molecule has 0 fully saturated rings. The first-order chi connectivity index (χ1) is 11.1. The van der Waals surface area contributed by atoms with Gasteiger partial charge in [-0.3, -0.25) is 9.48 Å². The van der Waals surface area contributed by atoms with E-state index in [0.29, 0.717) is 22.8 Å². The number of amides is 1. The highest BCUT2D eigenvalue weighted by Gasteiger charge is 2.08. The number of anilines is 1. The summed E-state index contributed by atoms with van der Waals surface area (Å²) in [5, 5.41) is 7.82. The van der Waals surface area contributed by atoms with Crippen molar-refractivity contribution >= 4 is 23.2 Å². The third-order valence-electron chi connectivity index (χ3n) is 3.40. The smallest absolute Gasteiger partial charge is 0.255 e. The lowest BCUT2D eigenvalue weighted by atomic mass is 10.1. The number of aryl methyl sites for hydroxylation is 1. The fourth-order valence-corrected chi connectivity index (χ4v) is 2.54. The van der Waals surface area contributed by atoms with Crippen LogP contribution in [0.4, 0.5) is 5.69 Å². The molecule has 3 rings (SSSR count). The Morgan fingerprint density at radius 1 is 1.22 bits per heavy atom. The summed E-state index contributed by atoms with van der Waals surface area (Å²) in [5.41, 5.74) is 3.40. The Morgan fingerprint density at radius 3 is 2.83 bits per heavy atom. The predicted octanol–water partition coefficient (Wildman–Crippen LogP) is 4.15. The van der Waals surface area contributed by atoms with Crippen molar-refractivity contribution < 1.29 is 4.79 Å². The predicted molar refractivity (Wildman–Crippen MR) is 91.9 cm³/mol. The topological polar surface area (TPSA) is 46.9 Å². The van der Waals surface area contributed by atoms with Crippen LogP contribution in [-0.2, 0) is 6.54 Å². The zero-order valence-corrected chi connectivity index (χ0v) is 13.4. The van der Waals surface area contributed by atoms with Gasteiger partial charge in [0.1, 0.15) is 0 Å². The highest BCUT2D eigenvalue weighted by atomic mass is 35.5. The van der Waals surface area contributed by atoms with E-state index >= 15 is 0 Å². The molecule has 0 aliphatic heterocycles. The van der Waals surface area contributed by atoms with Crippen LogP contribution in [0.1, 0.15) is 21.5 Å². The van der Waals surface area contributed by atoms with Crippen molar-refractivity contribution in [2.75, 3.05) is 5.32 Å². The summed E-state index contributed by atoms with van der Waals surface area (Å²) in [5.74, 6) is -0.143. The number of carbonyl (C=O) groups is 1. The van der Waals surface area contributed by atoms with Crippen molar-refractivity contribution in [2.24, 2.45) is 0 Å². The molecule has 1 N–H and O–H groups in total. The monoisotopic (exact) mass is 325 g/mol. The highest BCUT2D eigenvalue weighted by Crippen LogP contribution is 2.14. The summed E-state index contributed by atoms with van der Waals surface area (Å²) in [6.45, 7) is 2.56. The van der Waals surface area contributed by atoms with Gasteiger partial charge in [-0.05, 0) is 36.8 Å². The number of nitrogens with zero attached hydrogens (tertiary/aromatic N) is 2. The van der Waals surface area contributed by atoms with Gasteiger partial charge < -0.3 is 5.32 Å². The van der Waals surface area contributed by atoms with E-state index in [1.165, 1.54) is 0 Å². The lowest BCUT2D eigenvalue weighted by Gasteiger charge is -2.04. The first kappa shape index (κ1) is 15.3. The average molecular weight is 326 g/mol. The lowest BCUT2D eigenvalue weighted by Crippen LogP contribution is -2.11. The molecule has 116 valence electrons. The number of halogens is 1. The Kier molecular flexibility index (Phi) is 4.44. The lowest BCUT2D eigenvalue weighted by molar-refractivity contribution is 0.102. The van der Waals surface area contributed by atoms with Crippen LogP contribution in [0.15, 0.2) is 60.9 Å². The number of carbonyl (C=O) groups excluding carboxylic acids is 1. The second-order valence-electron chi connectivity index (χ2n) is 5.38. The minimum absolute atomic E-state index is 0.143. The Morgan fingerprint density at radius 2 is 2.04 bits per heavy atom. The van der Waals surface area contributed by atoms with Crippen LogP contribution in [0.25, 0.3) is 0 Å². The van der Waals surface area contributed by atoms with Gasteiger partial charge >= 0.3 is 0 Å². The molecule has 3 aromatic rings. The van der Waals surface area contributed by atoms with Crippen LogP contribution in [0, 0.1) is 6.92 Å². The van der Waals surface area contributed by atoms with E-state index in [-0.39, 0.29) is 5.91 Å². The molecule has 0 unspecified atom stereocenters. The normalized spacial score (nSPS) is 10.5. The summed E-state index contributed by atoms with van der Waals surface area (Å²) in [7, 11) is 0. The van der Waals surface area contributed by atoms with E-state index in [9.17, 15) is 4.79 Å². The minimum atomic E-state index is -0.143. The second-order valence-corrected chi connectivity index (χ2v) is 5.82. The fourth-order valence-electron chi connectivity index (χ4n) is 2.33. The number of aromatic nitrogens is 2. The van der Waals surface area contributed by atoms with Gasteiger partial charge in [0.2, 0.25) is 0 Å². The SMILES string of the molecule is Cc1cccc(C(=O)Nc2cnn(Cc3cccc(Cl)c3)c2)c1. The number of hydrogen-bond acceptors (Lipinski definition) is 2. The third kappa shape index (κ3) is 3.99. The molecule has 0 saturated heterocycles. The molecule has 0 bridgehead atoms.